The van der Waals surface area contributed by atoms with Crippen LogP contribution in [-0.2, 0) is 0 Å². The van der Waals surface area contributed by atoms with Crippen LogP contribution >= 0.6 is 11.6 Å². The van der Waals surface area contributed by atoms with E-state index < -0.39 is 0 Å². The number of nitrogens with zero attached hydrogens (tertiary/aromatic N) is 2. The van der Waals surface area contributed by atoms with Crippen LogP contribution < -0.4 is 5.73 Å². The largest absolute Gasteiger partial charge is 0.396 e. The van der Waals surface area contributed by atoms with Crippen LogP contribution in [0.15, 0.2) is 30.5 Å². The molecule has 3 rings (SSSR count). The van der Waals surface area contributed by atoms with Crippen LogP contribution in [-0.4, -0.2) is 9.97 Å². The van der Waals surface area contributed by atoms with Crippen LogP contribution in [0.25, 0.3) is 11.4 Å². The summed E-state index contributed by atoms with van der Waals surface area (Å²) in [5.41, 5.74) is 8.40. The first kappa shape index (κ1) is 10.5. The first-order valence-corrected chi connectivity index (χ1v) is 6.01. The van der Waals surface area contributed by atoms with Crippen LogP contribution in [0.4, 0.5) is 5.69 Å². The number of nitrogen functional groups attached to an aromatic ring is 1. The zero-order valence-corrected chi connectivity index (χ0v) is 9.98. The molecule has 0 bridgehead atoms. The number of hydrogen-bond donors (Lipinski definition) is 1. The van der Waals surface area contributed by atoms with Crippen LogP contribution in [0.5, 0.6) is 0 Å². The summed E-state index contributed by atoms with van der Waals surface area (Å²) in [6.45, 7) is 0. The number of rotatable bonds is 2. The fourth-order valence-electron chi connectivity index (χ4n) is 1.86. The summed E-state index contributed by atoms with van der Waals surface area (Å²) in [7, 11) is 0. The molecule has 17 heavy (non-hydrogen) atoms. The van der Waals surface area contributed by atoms with E-state index in [1.165, 1.54) is 12.8 Å². The lowest BCUT2D eigenvalue weighted by Gasteiger charge is -2.07. The van der Waals surface area contributed by atoms with Crippen LogP contribution in [0.2, 0.25) is 5.02 Å². The molecule has 0 spiro atoms. The molecule has 1 aromatic heterocycles. The highest BCUT2D eigenvalue weighted by Crippen LogP contribution is 2.42. The Labute approximate surface area is 105 Å². The van der Waals surface area contributed by atoms with Gasteiger partial charge in [0.1, 0.15) is 0 Å². The zero-order chi connectivity index (χ0) is 11.8. The fraction of sp³-hybridized carbons (Fsp3) is 0.231. The predicted molar refractivity (Wildman–Crippen MR) is 68.9 cm³/mol. The van der Waals surface area contributed by atoms with Crippen molar-refractivity contribution in [3.8, 4) is 11.4 Å². The number of halogens is 1. The van der Waals surface area contributed by atoms with Crippen molar-refractivity contribution in [1.82, 2.24) is 9.97 Å². The van der Waals surface area contributed by atoms with Crippen molar-refractivity contribution in [3.05, 3.63) is 41.2 Å². The van der Waals surface area contributed by atoms with Gasteiger partial charge in [0.15, 0.2) is 5.82 Å². The van der Waals surface area contributed by atoms with Crippen molar-refractivity contribution in [2.24, 2.45) is 0 Å². The van der Waals surface area contributed by atoms with Gasteiger partial charge >= 0.3 is 0 Å². The van der Waals surface area contributed by atoms with Crippen molar-refractivity contribution >= 4 is 17.3 Å². The highest BCUT2D eigenvalue weighted by Gasteiger charge is 2.27. The monoisotopic (exact) mass is 245 g/mol. The summed E-state index contributed by atoms with van der Waals surface area (Å²) < 4.78 is 0. The molecule has 86 valence electrons. The number of benzene rings is 1. The van der Waals surface area contributed by atoms with Gasteiger partial charge in [0.05, 0.1) is 22.6 Å². The lowest BCUT2D eigenvalue weighted by atomic mass is 10.2. The molecule has 0 saturated heterocycles. The van der Waals surface area contributed by atoms with E-state index >= 15 is 0 Å². The summed E-state index contributed by atoms with van der Waals surface area (Å²) in [5, 5.41) is 0.666. The van der Waals surface area contributed by atoms with E-state index in [1.807, 2.05) is 24.3 Å². The van der Waals surface area contributed by atoms with Gasteiger partial charge in [-0.25, -0.2) is 9.97 Å². The van der Waals surface area contributed by atoms with Crippen molar-refractivity contribution < 1.29 is 0 Å². The molecule has 0 atom stereocenters. The quantitative estimate of drug-likeness (QED) is 0.884. The summed E-state index contributed by atoms with van der Waals surface area (Å²) >= 11 is 6.13. The van der Waals surface area contributed by atoms with E-state index in [-0.39, 0.29) is 0 Å². The molecule has 1 aliphatic carbocycles. The maximum Gasteiger partial charge on any atom is 0.161 e. The van der Waals surface area contributed by atoms with Crippen molar-refractivity contribution in [2.45, 2.75) is 18.8 Å². The maximum absolute atomic E-state index is 6.13. The molecule has 1 aromatic carbocycles. The molecule has 1 heterocycles. The van der Waals surface area contributed by atoms with Gasteiger partial charge in [-0.05, 0) is 25.0 Å². The minimum atomic E-state index is 0.513. The third kappa shape index (κ3) is 1.98. The SMILES string of the molecule is Nc1cnc(-c2ccccc2Cl)nc1C1CC1. The molecule has 4 heteroatoms. The molecule has 1 saturated carbocycles. The Morgan fingerprint density at radius 1 is 1.24 bits per heavy atom. The minimum Gasteiger partial charge on any atom is -0.396 e. The summed E-state index contributed by atoms with van der Waals surface area (Å²) in [6.07, 6.45) is 4.02. The molecule has 2 aromatic rings. The summed E-state index contributed by atoms with van der Waals surface area (Å²) in [6, 6.07) is 7.58. The molecule has 3 nitrogen and oxygen atoms in total. The van der Waals surface area contributed by atoms with Gasteiger partial charge in [-0.3, -0.25) is 0 Å². The summed E-state index contributed by atoms with van der Waals surface area (Å²) in [5.74, 6) is 1.17. The van der Waals surface area contributed by atoms with E-state index in [4.69, 9.17) is 17.3 Å². The second kappa shape index (κ2) is 4.00. The number of hydrogen-bond acceptors (Lipinski definition) is 3. The Kier molecular flexibility index (Phi) is 2.48. The van der Waals surface area contributed by atoms with Crippen LogP contribution in [0.3, 0.4) is 0 Å². The minimum absolute atomic E-state index is 0.513. The molecule has 2 N–H and O–H groups in total. The third-order valence-corrected chi connectivity index (χ3v) is 3.26. The number of aromatic nitrogens is 2. The topological polar surface area (TPSA) is 51.8 Å². The molecule has 0 amide bonds. The van der Waals surface area contributed by atoms with Gasteiger partial charge in [0.25, 0.3) is 0 Å². The molecular weight excluding hydrogens is 234 g/mol. The van der Waals surface area contributed by atoms with Crippen LogP contribution in [0.1, 0.15) is 24.5 Å². The lowest BCUT2D eigenvalue weighted by molar-refractivity contribution is 1.00. The molecule has 1 fully saturated rings. The van der Waals surface area contributed by atoms with Gasteiger partial charge in [-0.15, -0.1) is 0 Å². The summed E-state index contributed by atoms with van der Waals surface area (Å²) in [4.78, 5) is 8.80. The van der Waals surface area contributed by atoms with E-state index in [0.717, 1.165) is 11.3 Å². The average Bonchev–Trinajstić information content (AvgIpc) is 3.15. The number of nitrogens with two attached hydrogens (primary N) is 1. The molecule has 0 radical (unpaired) electrons. The third-order valence-electron chi connectivity index (χ3n) is 2.93. The number of anilines is 1. The highest BCUT2D eigenvalue weighted by atomic mass is 35.5. The van der Waals surface area contributed by atoms with E-state index in [9.17, 15) is 0 Å². The standard InChI is InChI=1S/C13H12ClN3/c14-10-4-2-1-3-9(10)13-16-7-11(15)12(17-13)8-5-6-8/h1-4,7-8H,5-6,15H2. The van der Waals surface area contributed by atoms with E-state index in [0.29, 0.717) is 22.5 Å². The van der Waals surface area contributed by atoms with Gasteiger partial charge in [0, 0.05) is 11.5 Å². The maximum atomic E-state index is 6.13. The fourth-order valence-corrected chi connectivity index (χ4v) is 2.08. The Hall–Kier alpha value is -1.61. The Bertz CT molecular complexity index is 564. The molecule has 0 unspecified atom stereocenters. The molecule has 1 aliphatic rings. The second-order valence-electron chi connectivity index (χ2n) is 4.29. The lowest BCUT2D eigenvalue weighted by Crippen LogP contribution is -2.00. The first-order valence-electron chi connectivity index (χ1n) is 5.63. The normalized spacial score (nSPS) is 14.9. The van der Waals surface area contributed by atoms with Crippen molar-refractivity contribution in [1.29, 1.82) is 0 Å². The van der Waals surface area contributed by atoms with Gasteiger partial charge in [-0.2, -0.15) is 0 Å². The highest BCUT2D eigenvalue weighted by molar-refractivity contribution is 6.33. The van der Waals surface area contributed by atoms with Crippen molar-refractivity contribution in [3.63, 3.8) is 0 Å². The van der Waals surface area contributed by atoms with Gasteiger partial charge in [-0.1, -0.05) is 23.7 Å². The van der Waals surface area contributed by atoms with E-state index in [1.54, 1.807) is 6.20 Å². The van der Waals surface area contributed by atoms with Crippen LogP contribution in [0, 0.1) is 0 Å². The Balaban J connectivity index is 2.09. The first-order chi connectivity index (χ1) is 8.25. The van der Waals surface area contributed by atoms with Gasteiger partial charge < -0.3 is 5.73 Å². The smallest absolute Gasteiger partial charge is 0.161 e. The molecule has 0 aliphatic heterocycles. The average molecular weight is 246 g/mol. The Morgan fingerprint density at radius 3 is 2.71 bits per heavy atom. The van der Waals surface area contributed by atoms with E-state index in [2.05, 4.69) is 9.97 Å². The molecular formula is C13H12ClN3. The Morgan fingerprint density at radius 2 is 2.00 bits per heavy atom. The zero-order valence-electron chi connectivity index (χ0n) is 9.23. The second-order valence-corrected chi connectivity index (χ2v) is 4.70. The van der Waals surface area contributed by atoms with Gasteiger partial charge in [0.2, 0.25) is 0 Å². The van der Waals surface area contributed by atoms with Crippen molar-refractivity contribution in [2.75, 3.05) is 5.73 Å². The predicted octanol–water partition coefficient (Wildman–Crippen LogP) is 3.26.